The van der Waals surface area contributed by atoms with Crippen molar-refractivity contribution in [3.05, 3.63) is 57.3 Å². The molecule has 1 amide bonds. The summed E-state index contributed by atoms with van der Waals surface area (Å²) in [6, 6.07) is 9.35. The number of anilines is 1. The zero-order valence-corrected chi connectivity index (χ0v) is 11.4. The van der Waals surface area contributed by atoms with Gasteiger partial charge in [0.25, 0.3) is 0 Å². The van der Waals surface area contributed by atoms with Gasteiger partial charge in [-0.2, -0.15) is 0 Å². The third-order valence-electron chi connectivity index (χ3n) is 2.38. The van der Waals surface area contributed by atoms with E-state index in [-0.39, 0.29) is 5.91 Å². The largest absolute Gasteiger partial charge is 0.322 e. The number of halogens is 1. The summed E-state index contributed by atoms with van der Waals surface area (Å²) < 4.78 is 0. The lowest BCUT2D eigenvalue weighted by Crippen LogP contribution is -2.07. The highest BCUT2D eigenvalue weighted by Gasteiger charge is 2.00. The Hall–Kier alpha value is -1.58. The van der Waals surface area contributed by atoms with E-state index >= 15 is 0 Å². The van der Waals surface area contributed by atoms with E-state index in [9.17, 15) is 4.79 Å². The number of benzene rings is 1. The van der Waals surface area contributed by atoms with Gasteiger partial charge in [-0.1, -0.05) is 23.7 Å². The van der Waals surface area contributed by atoms with Crippen molar-refractivity contribution < 1.29 is 4.79 Å². The molecule has 18 heavy (non-hydrogen) atoms. The van der Waals surface area contributed by atoms with Crippen molar-refractivity contribution in [2.75, 3.05) is 5.32 Å². The third kappa shape index (κ3) is 3.45. The molecule has 0 aliphatic rings. The van der Waals surface area contributed by atoms with Gasteiger partial charge in [0, 0.05) is 21.7 Å². The van der Waals surface area contributed by atoms with Crippen LogP contribution in [0.4, 0.5) is 5.69 Å². The molecule has 0 bridgehead atoms. The Labute approximate surface area is 115 Å². The van der Waals surface area contributed by atoms with Gasteiger partial charge in [-0.3, -0.25) is 4.79 Å². The van der Waals surface area contributed by atoms with Crippen molar-refractivity contribution in [1.29, 1.82) is 0 Å². The van der Waals surface area contributed by atoms with Crippen LogP contribution in [0, 0.1) is 6.92 Å². The highest BCUT2D eigenvalue weighted by Crippen LogP contribution is 2.20. The molecular weight excluding hydrogens is 266 g/mol. The standard InChI is InChI=1S/C14H12ClNOS/c1-10-4-5-11(9-13(10)15)16-14(17)7-6-12-3-2-8-18-12/h2-9H,1H3,(H,16,17)/b7-6+. The first-order valence-electron chi connectivity index (χ1n) is 5.44. The van der Waals surface area contributed by atoms with Crippen molar-refractivity contribution in [1.82, 2.24) is 0 Å². The molecular formula is C14H12ClNOS. The van der Waals surface area contributed by atoms with Gasteiger partial charge in [0.2, 0.25) is 5.91 Å². The van der Waals surface area contributed by atoms with Gasteiger partial charge in [0.15, 0.2) is 0 Å². The van der Waals surface area contributed by atoms with E-state index in [1.165, 1.54) is 6.08 Å². The van der Waals surface area contributed by atoms with E-state index in [2.05, 4.69) is 5.32 Å². The quantitative estimate of drug-likeness (QED) is 0.830. The van der Waals surface area contributed by atoms with Crippen LogP contribution in [0.25, 0.3) is 6.08 Å². The molecule has 92 valence electrons. The molecule has 2 rings (SSSR count). The van der Waals surface area contributed by atoms with Gasteiger partial charge in [-0.25, -0.2) is 0 Å². The molecule has 0 saturated heterocycles. The summed E-state index contributed by atoms with van der Waals surface area (Å²) >= 11 is 7.58. The smallest absolute Gasteiger partial charge is 0.248 e. The Morgan fingerprint density at radius 3 is 2.89 bits per heavy atom. The number of nitrogens with one attached hydrogen (secondary N) is 1. The first kappa shape index (κ1) is 12.9. The third-order valence-corrected chi connectivity index (χ3v) is 3.63. The van der Waals surface area contributed by atoms with Crippen molar-refractivity contribution in [2.24, 2.45) is 0 Å². The minimum absolute atomic E-state index is 0.164. The van der Waals surface area contributed by atoms with Gasteiger partial charge in [0.1, 0.15) is 0 Å². The van der Waals surface area contributed by atoms with E-state index in [1.54, 1.807) is 23.5 Å². The van der Waals surface area contributed by atoms with Crippen LogP contribution in [-0.2, 0) is 4.79 Å². The second-order valence-electron chi connectivity index (χ2n) is 3.80. The SMILES string of the molecule is Cc1ccc(NC(=O)/C=C/c2cccs2)cc1Cl. The molecule has 0 aliphatic heterocycles. The summed E-state index contributed by atoms with van der Waals surface area (Å²) in [6.45, 7) is 1.92. The highest BCUT2D eigenvalue weighted by atomic mass is 35.5. The first-order valence-corrected chi connectivity index (χ1v) is 6.69. The van der Waals surface area contributed by atoms with Crippen molar-refractivity contribution >= 4 is 40.6 Å². The lowest BCUT2D eigenvalue weighted by molar-refractivity contribution is -0.111. The van der Waals surface area contributed by atoms with Crippen LogP contribution in [0.3, 0.4) is 0 Å². The van der Waals surface area contributed by atoms with Crippen LogP contribution >= 0.6 is 22.9 Å². The zero-order chi connectivity index (χ0) is 13.0. The van der Waals surface area contributed by atoms with Crippen LogP contribution in [0.2, 0.25) is 5.02 Å². The molecule has 0 aliphatic carbocycles. The molecule has 1 heterocycles. The van der Waals surface area contributed by atoms with E-state index in [0.717, 1.165) is 10.4 Å². The number of hydrogen-bond donors (Lipinski definition) is 1. The molecule has 0 atom stereocenters. The maximum Gasteiger partial charge on any atom is 0.248 e. The summed E-state index contributed by atoms with van der Waals surface area (Å²) in [5.74, 6) is -0.164. The number of carbonyl (C=O) groups excluding carboxylic acids is 1. The number of carbonyl (C=O) groups is 1. The molecule has 0 unspecified atom stereocenters. The topological polar surface area (TPSA) is 29.1 Å². The number of aryl methyl sites for hydroxylation is 1. The number of rotatable bonds is 3. The molecule has 0 fully saturated rings. The molecule has 0 spiro atoms. The summed E-state index contributed by atoms with van der Waals surface area (Å²) in [5, 5.41) is 5.38. The Bertz CT molecular complexity index is 575. The van der Waals surface area contributed by atoms with Gasteiger partial charge >= 0.3 is 0 Å². The molecule has 0 radical (unpaired) electrons. The second kappa shape index (κ2) is 5.85. The van der Waals surface area contributed by atoms with Gasteiger partial charge in [0.05, 0.1) is 0 Å². The van der Waals surface area contributed by atoms with Crippen molar-refractivity contribution in [3.8, 4) is 0 Å². The average Bonchev–Trinajstić information content (AvgIpc) is 2.84. The zero-order valence-electron chi connectivity index (χ0n) is 9.81. The second-order valence-corrected chi connectivity index (χ2v) is 5.19. The Morgan fingerprint density at radius 2 is 2.22 bits per heavy atom. The lowest BCUT2D eigenvalue weighted by atomic mass is 10.2. The summed E-state index contributed by atoms with van der Waals surface area (Å²) in [6.07, 6.45) is 3.30. The van der Waals surface area contributed by atoms with Crippen molar-refractivity contribution in [2.45, 2.75) is 6.92 Å². The Morgan fingerprint density at radius 1 is 1.39 bits per heavy atom. The number of amides is 1. The normalized spacial score (nSPS) is 10.8. The minimum Gasteiger partial charge on any atom is -0.322 e. The van der Waals surface area contributed by atoms with E-state index in [1.807, 2.05) is 36.6 Å². The Kier molecular flexibility index (Phi) is 4.18. The van der Waals surface area contributed by atoms with Gasteiger partial charge in [-0.05, 0) is 42.1 Å². The lowest BCUT2D eigenvalue weighted by Gasteiger charge is -2.04. The fraction of sp³-hybridized carbons (Fsp3) is 0.0714. The van der Waals surface area contributed by atoms with Crippen molar-refractivity contribution in [3.63, 3.8) is 0 Å². The maximum absolute atomic E-state index is 11.7. The Balaban J connectivity index is 2.01. The predicted molar refractivity (Wildman–Crippen MR) is 78.2 cm³/mol. The summed E-state index contributed by atoms with van der Waals surface area (Å²) in [7, 11) is 0. The van der Waals surface area contributed by atoms with E-state index in [0.29, 0.717) is 10.7 Å². The monoisotopic (exact) mass is 277 g/mol. The average molecular weight is 278 g/mol. The van der Waals surface area contributed by atoms with Gasteiger partial charge < -0.3 is 5.32 Å². The molecule has 1 N–H and O–H groups in total. The molecule has 0 saturated carbocycles. The summed E-state index contributed by atoms with van der Waals surface area (Å²) in [4.78, 5) is 12.7. The van der Waals surface area contributed by atoms with Gasteiger partial charge in [-0.15, -0.1) is 11.3 Å². The van der Waals surface area contributed by atoms with Crippen LogP contribution in [0.15, 0.2) is 41.8 Å². The van der Waals surface area contributed by atoms with Crippen LogP contribution in [0.5, 0.6) is 0 Å². The maximum atomic E-state index is 11.7. The highest BCUT2D eigenvalue weighted by molar-refractivity contribution is 7.10. The fourth-order valence-electron chi connectivity index (χ4n) is 1.40. The molecule has 1 aromatic heterocycles. The van der Waals surface area contributed by atoms with Crippen LogP contribution in [0.1, 0.15) is 10.4 Å². The molecule has 1 aromatic carbocycles. The van der Waals surface area contributed by atoms with E-state index in [4.69, 9.17) is 11.6 Å². The molecule has 2 aromatic rings. The predicted octanol–water partition coefficient (Wildman–Crippen LogP) is 4.36. The van der Waals surface area contributed by atoms with Crippen LogP contribution < -0.4 is 5.32 Å². The molecule has 2 nitrogen and oxygen atoms in total. The van der Waals surface area contributed by atoms with Crippen LogP contribution in [-0.4, -0.2) is 5.91 Å². The van der Waals surface area contributed by atoms with E-state index < -0.39 is 0 Å². The number of hydrogen-bond acceptors (Lipinski definition) is 2. The number of thiophene rings is 1. The fourth-order valence-corrected chi connectivity index (χ4v) is 2.20. The molecule has 4 heteroatoms. The summed E-state index contributed by atoms with van der Waals surface area (Å²) in [5.41, 5.74) is 1.69. The first-order chi connectivity index (χ1) is 8.65. The minimum atomic E-state index is -0.164.